The molecule has 3 N–H and O–H groups in total. The third-order valence-corrected chi connectivity index (χ3v) is 3.33. The molecule has 0 aromatic heterocycles. The maximum Gasteiger partial charge on any atom is 0.224 e. The lowest BCUT2D eigenvalue weighted by molar-refractivity contribution is -0.120. The Kier molecular flexibility index (Phi) is 8.16. The molecule has 0 aliphatic rings. The van der Waals surface area contributed by atoms with E-state index in [2.05, 4.69) is 5.32 Å². The maximum absolute atomic E-state index is 11.9. The predicted octanol–water partition coefficient (Wildman–Crippen LogP) is 3.09. The number of carbonyl (C=O) groups is 1. The molecule has 0 saturated heterocycles. The Morgan fingerprint density at radius 3 is 2.17 bits per heavy atom. The van der Waals surface area contributed by atoms with E-state index in [0.717, 1.165) is 16.7 Å². The van der Waals surface area contributed by atoms with Crippen LogP contribution in [0.25, 0.3) is 0 Å². The van der Waals surface area contributed by atoms with E-state index in [-0.39, 0.29) is 18.3 Å². The van der Waals surface area contributed by atoms with Crippen molar-refractivity contribution in [1.29, 1.82) is 0 Å². The number of benzene rings is 2. The Labute approximate surface area is 143 Å². The molecule has 0 aliphatic heterocycles. The summed E-state index contributed by atoms with van der Waals surface area (Å²) in [5, 5.41) is 2.92. The number of ether oxygens (including phenoxy) is 1. The Bertz CT molecular complexity index is 597. The molecule has 124 valence electrons. The molecule has 0 atom stereocenters. The van der Waals surface area contributed by atoms with Crippen LogP contribution >= 0.6 is 12.4 Å². The van der Waals surface area contributed by atoms with Gasteiger partial charge in [0.25, 0.3) is 0 Å². The normalized spacial score (nSPS) is 9.96. The highest BCUT2D eigenvalue weighted by atomic mass is 35.5. The van der Waals surface area contributed by atoms with Gasteiger partial charge in [-0.05, 0) is 35.7 Å². The first-order chi connectivity index (χ1) is 10.7. The second-order valence-electron chi connectivity index (χ2n) is 5.15. The minimum atomic E-state index is 0. The van der Waals surface area contributed by atoms with Gasteiger partial charge in [-0.1, -0.05) is 36.4 Å². The highest BCUT2D eigenvalue weighted by Gasteiger charge is 2.03. The van der Waals surface area contributed by atoms with E-state index in [9.17, 15) is 4.79 Å². The van der Waals surface area contributed by atoms with E-state index in [4.69, 9.17) is 10.5 Å². The summed E-state index contributed by atoms with van der Waals surface area (Å²) in [5.41, 5.74) is 9.50. The number of carbonyl (C=O) groups excluding carboxylic acids is 1. The van der Waals surface area contributed by atoms with Gasteiger partial charge in [-0.3, -0.25) is 4.79 Å². The standard InChI is InChI=1S/C18H22N2O2.ClH/c1-2-22-13-16-5-3-15(4-6-16)12-20-18(21)11-14-7-9-17(19)10-8-14;/h3-10H,2,11-13,19H2,1H3,(H,20,21);1H. The Hall–Kier alpha value is -2.04. The quantitative estimate of drug-likeness (QED) is 0.765. The fourth-order valence-electron chi connectivity index (χ4n) is 2.06. The van der Waals surface area contributed by atoms with Gasteiger partial charge in [-0.2, -0.15) is 0 Å². The summed E-state index contributed by atoms with van der Waals surface area (Å²) in [6, 6.07) is 15.4. The molecule has 4 nitrogen and oxygen atoms in total. The van der Waals surface area contributed by atoms with Crippen molar-refractivity contribution in [2.75, 3.05) is 12.3 Å². The zero-order valence-corrected chi connectivity index (χ0v) is 14.1. The monoisotopic (exact) mass is 334 g/mol. The van der Waals surface area contributed by atoms with E-state index in [1.165, 1.54) is 0 Å². The van der Waals surface area contributed by atoms with E-state index in [1.807, 2.05) is 43.3 Å². The average molecular weight is 335 g/mol. The topological polar surface area (TPSA) is 64.3 Å². The zero-order valence-electron chi connectivity index (χ0n) is 13.2. The first-order valence-corrected chi connectivity index (χ1v) is 7.44. The molecule has 2 rings (SSSR count). The lowest BCUT2D eigenvalue weighted by Crippen LogP contribution is -2.24. The molecule has 0 unspecified atom stereocenters. The van der Waals surface area contributed by atoms with Crippen LogP contribution in [0.4, 0.5) is 5.69 Å². The van der Waals surface area contributed by atoms with Crippen LogP contribution in [0.3, 0.4) is 0 Å². The number of halogens is 1. The van der Waals surface area contributed by atoms with E-state index in [0.29, 0.717) is 31.9 Å². The van der Waals surface area contributed by atoms with Crippen molar-refractivity contribution in [3.8, 4) is 0 Å². The highest BCUT2D eigenvalue weighted by Crippen LogP contribution is 2.07. The summed E-state index contributed by atoms with van der Waals surface area (Å²) in [6.45, 7) is 3.84. The van der Waals surface area contributed by atoms with Gasteiger partial charge in [0, 0.05) is 18.8 Å². The number of rotatable bonds is 7. The van der Waals surface area contributed by atoms with Gasteiger partial charge in [0.05, 0.1) is 13.0 Å². The van der Waals surface area contributed by atoms with Gasteiger partial charge in [-0.15, -0.1) is 12.4 Å². The third kappa shape index (κ3) is 6.72. The number of hydrogen-bond donors (Lipinski definition) is 2. The van der Waals surface area contributed by atoms with Crippen LogP contribution < -0.4 is 11.1 Å². The summed E-state index contributed by atoms with van der Waals surface area (Å²) >= 11 is 0. The van der Waals surface area contributed by atoms with Gasteiger partial charge in [0.2, 0.25) is 5.91 Å². The van der Waals surface area contributed by atoms with Crippen molar-refractivity contribution < 1.29 is 9.53 Å². The van der Waals surface area contributed by atoms with Crippen molar-refractivity contribution >= 4 is 24.0 Å². The Balaban J connectivity index is 0.00000264. The van der Waals surface area contributed by atoms with Crippen LogP contribution in [0.5, 0.6) is 0 Å². The van der Waals surface area contributed by atoms with Crippen LogP contribution in [0.15, 0.2) is 48.5 Å². The fraction of sp³-hybridized carbons (Fsp3) is 0.278. The molecule has 0 bridgehead atoms. The highest BCUT2D eigenvalue weighted by molar-refractivity contribution is 5.85. The van der Waals surface area contributed by atoms with Gasteiger partial charge < -0.3 is 15.8 Å². The third-order valence-electron chi connectivity index (χ3n) is 3.33. The Morgan fingerprint density at radius 1 is 1.00 bits per heavy atom. The number of nitrogens with two attached hydrogens (primary N) is 1. The number of hydrogen-bond acceptors (Lipinski definition) is 3. The van der Waals surface area contributed by atoms with Gasteiger partial charge in [0.15, 0.2) is 0 Å². The molecule has 2 aromatic carbocycles. The van der Waals surface area contributed by atoms with E-state index in [1.54, 1.807) is 12.1 Å². The van der Waals surface area contributed by atoms with Crippen molar-refractivity contribution in [1.82, 2.24) is 5.32 Å². The molecule has 0 heterocycles. The van der Waals surface area contributed by atoms with Crippen molar-refractivity contribution in [2.45, 2.75) is 26.5 Å². The van der Waals surface area contributed by atoms with Gasteiger partial charge in [0.1, 0.15) is 0 Å². The average Bonchev–Trinajstić information content (AvgIpc) is 2.54. The van der Waals surface area contributed by atoms with Crippen LogP contribution in [0.2, 0.25) is 0 Å². The van der Waals surface area contributed by atoms with Crippen LogP contribution in [0.1, 0.15) is 23.6 Å². The summed E-state index contributed by atoms with van der Waals surface area (Å²) in [4.78, 5) is 11.9. The van der Waals surface area contributed by atoms with Gasteiger partial charge >= 0.3 is 0 Å². The molecule has 0 fully saturated rings. The van der Waals surface area contributed by atoms with Gasteiger partial charge in [-0.25, -0.2) is 0 Å². The minimum Gasteiger partial charge on any atom is -0.399 e. The van der Waals surface area contributed by atoms with Crippen molar-refractivity contribution in [3.63, 3.8) is 0 Å². The second-order valence-corrected chi connectivity index (χ2v) is 5.15. The molecule has 5 heteroatoms. The summed E-state index contributed by atoms with van der Waals surface area (Å²) in [7, 11) is 0. The maximum atomic E-state index is 11.9. The lowest BCUT2D eigenvalue weighted by atomic mass is 10.1. The minimum absolute atomic E-state index is 0. The molecule has 23 heavy (non-hydrogen) atoms. The number of nitrogen functional groups attached to an aromatic ring is 1. The van der Waals surface area contributed by atoms with Crippen LogP contribution in [-0.2, 0) is 29.1 Å². The number of nitrogens with one attached hydrogen (secondary N) is 1. The Morgan fingerprint density at radius 2 is 1.57 bits per heavy atom. The second kappa shape index (κ2) is 9.87. The molecule has 2 aromatic rings. The molecule has 0 spiro atoms. The molecular weight excluding hydrogens is 312 g/mol. The number of amides is 1. The van der Waals surface area contributed by atoms with Crippen molar-refractivity contribution in [3.05, 3.63) is 65.2 Å². The summed E-state index contributed by atoms with van der Waals surface area (Å²) in [5.74, 6) is 0.00293. The molecule has 1 amide bonds. The molecule has 0 aliphatic carbocycles. The van der Waals surface area contributed by atoms with E-state index >= 15 is 0 Å². The first kappa shape index (κ1) is 19.0. The number of anilines is 1. The molecule has 0 radical (unpaired) electrons. The first-order valence-electron chi connectivity index (χ1n) is 7.44. The molecular formula is C18H23ClN2O2. The predicted molar refractivity (Wildman–Crippen MR) is 95.4 cm³/mol. The van der Waals surface area contributed by atoms with Crippen LogP contribution in [0, 0.1) is 0 Å². The molecule has 0 saturated carbocycles. The summed E-state index contributed by atoms with van der Waals surface area (Å²) in [6.07, 6.45) is 0.364. The fourth-order valence-corrected chi connectivity index (χ4v) is 2.06. The van der Waals surface area contributed by atoms with Crippen LogP contribution in [-0.4, -0.2) is 12.5 Å². The zero-order chi connectivity index (χ0) is 15.8. The smallest absolute Gasteiger partial charge is 0.224 e. The largest absolute Gasteiger partial charge is 0.399 e. The van der Waals surface area contributed by atoms with Crippen molar-refractivity contribution in [2.24, 2.45) is 0 Å². The SMILES string of the molecule is CCOCc1ccc(CNC(=O)Cc2ccc(N)cc2)cc1.Cl. The van der Waals surface area contributed by atoms with E-state index < -0.39 is 0 Å². The lowest BCUT2D eigenvalue weighted by Gasteiger charge is -2.07. The summed E-state index contributed by atoms with van der Waals surface area (Å²) < 4.78 is 5.35.